The molecule has 2 aromatic carbocycles. The minimum absolute atomic E-state index is 0.158. The van der Waals surface area contributed by atoms with Crippen molar-refractivity contribution in [1.82, 2.24) is 0 Å². The highest BCUT2D eigenvalue weighted by atomic mass is 79.9. The monoisotopic (exact) mass is 400 g/mol. The van der Waals surface area contributed by atoms with Gasteiger partial charge in [0.1, 0.15) is 5.82 Å². The fourth-order valence-electron chi connectivity index (χ4n) is 1.84. The van der Waals surface area contributed by atoms with E-state index in [2.05, 4.69) is 15.9 Å². The Balaban J connectivity index is 2.54. The predicted molar refractivity (Wildman–Crippen MR) is 78.6 cm³/mol. The maximum absolute atomic E-state index is 14.1. The second-order valence-electron chi connectivity index (χ2n) is 4.23. The minimum Gasteiger partial charge on any atom is -0.206 e. The van der Waals surface area contributed by atoms with Crippen LogP contribution in [0.3, 0.4) is 0 Å². The van der Waals surface area contributed by atoms with Crippen molar-refractivity contribution < 1.29 is 17.6 Å². The molecule has 0 nitrogen and oxygen atoms in total. The number of alkyl halides is 4. The summed E-state index contributed by atoms with van der Waals surface area (Å²) >= 11 is 15.0. The number of halogens is 7. The van der Waals surface area contributed by atoms with Crippen LogP contribution in [0.2, 0.25) is 10.0 Å². The Kier molecular flexibility index (Phi) is 4.85. The molecule has 0 bridgehead atoms. The largest absolute Gasteiger partial charge is 0.419 e. The SMILES string of the molecule is Fc1c(C(Br)c2cc(Cl)ccc2Cl)cccc1C(F)(F)F. The Bertz CT molecular complexity index is 671. The molecule has 2 aromatic rings. The van der Waals surface area contributed by atoms with Gasteiger partial charge in [0.05, 0.1) is 10.4 Å². The summed E-state index contributed by atoms with van der Waals surface area (Å²) in [5.41, 5.74) is -1.08. The van der Waals surface area contributed by atoms with Gasteiger partial charge in [-0.25, -0.2) is 4.39 Å². The van der Waals surface area contributed by atoms with Crippen molar-refractivity contribution in [3.8, 4) is 0 Å². The number of rotatable bonds is 2. The van der Waals surface area contributed by atoms with Crippen molar-refractivity contribution >= 4 is 39.1 Å². The van der Waals surface area contributed by atoms with Gasteiger partial charge >= 0.3 is 6.18 Å². The van der Waals surface area contributed by atoms with E-state index in [0.29, 0.717) is 16.7 Å². The Labute approximate surface area is 136 Å². The van der Waals surface area contributed by atoms with Crippen LogP contribution in [-0.4, -0.2) is 0 Å². The summed E-state index contributed by atoms with van der Waals surface area (Å²) in [5, 5.41) is 0.629. The molecule has 7 heteroatoms. The Morgan fingerprint density at radius 2 is 1.67 bits per heavy atom. The minimum atomic E-state index is -4.76. The summed E-state index contributed by atoms with van der Waals surface area (Å²) in [4.78, 5) is -0.842. The van der Waals surface area contributed by atoms with E-state index in [1.54, 1.807) is 0 Å². The Hall–Kier alpha value is -0.780. The summed E-state index contributed by atoms with van der Waals surface area (Å²) in [6, 6.07) is 7.62. The van der Waals surface area contributed by atoms with E-state index < -0.39 is 22.4 Å². The maximum atomic E-state index is 14.1. The molecule has 0 aliphatic heterocycles. The van der Waals surface area contributed by atoms with E-state index in [4.69, 9.17) is 23.2 Å². The molecular weight excluding hydrogens is 395 g/mol. The van der Waals surface area contributed by atoms with Crippen LogP contribution in [0, 0.1) is 5.82 Å². The fourth-order valence-corrected chi connectivity index (χ4v) is 3.11. The predicted octanol–water partition coefficient (Wildman–Crippen LogP) is 6.64. The van der Waals surface area contributed by atoms with Crippen LogP contribution in [0.1, 0.15) is 21.5 Å². The first kappa shape index (κ1) is 16.6. The number of hydrogen-bond donors (Lipinski definition) is 0. The molecule has 0 aromatic heterocycles. The third-order valence-electron chi connectivity index (χ3n) is 2.84. The molecule has 0 fully saturated rings. The smallest absolute Gasteiger partial charge is 0.206 e. The molecule has 0 saturated carbocycles. The highest BCUT2D eigenvalue weighted by Gasteiger charge is 2.35. The van der Waals surface area contributed by atoms with Crippen LogP contribution in [0.5, 0.6) is 0 Å². The lowest BCUT2D eigenvalue weighted by atomic mass is 10.0. The topological polar surface area (TPSA) is 0 Å². The molecule has 112 valence electrons. The summed E-state index contributed by atoms with van der Waals surface area (Å²) in [7, 11) is 0. The van der Waals surface area contributed by atoms with Gasteiger partial charge in [-0.1, -0.05) is 51.3 Å². The van der Waals surface area contributed by atoms with Crippen LogP contribution in [-0.2, 0) is 6.18 Å². The quantitative estimate of drug-likeness (QED) is 0.391. The van der Waals surface area contributed by atoms with Gasteiger partial charge in [-0.3, -0.25) is 0 Å². The van der Waals surface area contributed by atoms with E-state index in [9.17, 15) is 17.6 Å². The zero-order valence-corrected chi connectivity index (χ0v) is 13.3. The van der Waals surface area contributed by atoms with Crippen molar-refractivity contribution in [2.75, 3.05) is 0 Å². The molecule has 0 saturated heterocycles. The van der Waals surface area contributed by atoms with Gasteiger partial charge in [0.15, 0.2) is 0 Å². The van der Waals surface area contributed by atoms with E-state index in [-0.39, 0.29) is 10.6 Å². The van der Waals surface area contributed by atoms with Gasteiger partial charge in [-0.2, -0.15) is 13.2 Å². The Morgan fingerprint density at radius 3 is 2.29 bits per heavy atom. The van der Waals surface area contributed by atoms with Gasteiger partial charge in [0, 0.05) is 15.6 Å². The van der Waals surface area contributed by atoms with Crippen LogP contribution in [0.15, 0.2) is 36.4 Å². The molecule has 1 atom stereocenters. The molecule has 21 heavy (non-hydrogen) atoms. The lowest BCUT2D eigenvalue weighted by molar-refractivity contribution is -0.140. The van der Waals surface area contributed by atoms with Crippen molar-refractivity contribution in [3.05, 3.63) is 69.0 Å². The molecule has 0 aliphatic carbocycles. The molecule has 0 heterocycles. The van der Waals surface area contributed by atoms with Crippen molar-refractivity contribution in [1.29, 1.82) is 0 Å². The van der Waals surface area contributed by atoms with E-state index in [0.717, 1.165) is 6.07 Å². The van der Waals surface area contributed by atoms with Gasteiger partial charge in [0.2, 0.25) is 0 Å². The second-order valence-corrected chi connectivity index (χ2v) is 5.99. The fraction of sp³-hybridized carbons (Fsp3) is 0.143. The highest BCUT2D eigenvalue weighted by Crippen LogP contribution is 2.40. The molecule has 1 unspecified atom stereocenters. The third kappa shape index (κ3) is 3.52. The average Bonchev–Trinajstić information content (AvgIpc) is 2.39. The van der Waals surface area contributed by atoms with Crippen LogP contribution < -0.4 is 0 Å². The van der Waals surface area contributed by atoms with Gasteiger partial charge in [-0.05, 0) is 29.8 Å². The standard InChI is InChI=1S/C14H7BrCl2F4/c15-12(9-6-7(16)4-5-11(9)17)8-2-1-3-10(13(8)18)14(19,20)21/h1-6,12H. The number of hydrogen-bond acceptors (Lipinski definition) is 0. The molecule has 2 rings (SSSR count). The molecule has 0 spiro atoms. The molecule has 0 aliphatic rings. The first-order valence-corrected chi connectivity index (χ1v) is 7.33. The highest BCUT2D eigenvalue weighted by molar-refractivity contribution is 9.09. The van der Waals surface area contributed by atoms with Crippen molar-refractivity contribution in [3.63, 3.8) is 0 Å². The van der Waals surface area contributed by atoms with Crippen LogP contribution in [0.25, 0.3) is 0 Å². The first-order valence-electron chi connectivity index (χ1n) is 5.66. The van der Waals surface area contributed by atoms with Gasteiger partial charge in [-0.15, -0.1) is 0 Å². The normalized spacial score (nSPS) is 13.3. The summed E-state index contributed by atoms with van der Waals surface area (Å²) in [6.07, 6.45) is -4.76. The van der Waals surface area contributed by atoms with Crippen LogP contribution in [0.4, 0.5) is 17.6 Å². The molecule has 0 N–H and O–H groups in total. The van der Waals surface area contributed by atoms with Crippen molar-refractivity contribution in [2.24, 2.45) is 0 Å². The average molecular weight is 402 g/mol. The lowest BCUT2D eigenvalue weighted by Crippen LogP contribution is -2.10. The summed E-state index contributed by atoms with van der Waals surface area (Å²) < 4.78 is 52.3. The lowest BCUT2D eigenvalue weighted by Gasteiger charge is -2.16. The molecular formula is C14H7BrCl2F4. The summed E-state index contributed by atoms with van der Waals surface area (Å²) in [6.45, 7) is 0. The zero-order valence-electron chi connectivity index (χ0n) is 10.2. The zero-order chi connectivity index (χ0) is 15.8. The Morgan fingerprint density at radius 1 is 1.00 bits per heavy atom. The molecule has 0 amide bonds. The van der Waals surface area contributed by atoms with E-state index in [1.807, 2.05) is 0 Å². The van der Waals surface area contributed by atoms with Gasteiger partial charge < -0.3 is 0 Å². The van der Waals surface area contributed by atoms with Gasteiger partial charge in [0.25, 0.3) is 0 Å². The van der Waals surface area contributed by atoms with E-state index in [1.165, 1.54) is 24.3 Å². The third-order valence-corrected chi connectivity index (χ3v) is 4.40. The molecule has 0 radical (unpaired) electrons. The van der Waals surface area contributed by atoms with Crippen molar-refractivity contribution in [2.45, 2.75) is 11.0 Å². The van der Waals surface area contributed by atoms with E-state index >= 15 is 0 Å². The second kappa shape index (κ2) is 6.15. The maximum Gasteiger partial charge on any atom is 0.419 e. The van der Waals surface area contributed by atoms with Crippen LogP contribution >= 0.6 is 39.1 Å². The first-order chi connectivity index (χ1) is 9.71. The number of benzene rings is 2. The summed E-state index contributed by atoms with van der Waals surface area (Å²) in [5.74, 6) is -1.33.